The van der Waals surface area contributed by atoms with Gasteiger partial charge in [0.15, 0.2) is 0 Å². The van der Waals surface area contributed by atoms with Crippen molar-refractivity contribution in [2.75, 3.05) is 0 Å². The molecule has 11 heteroatoms. The number of carboxylic acid groups (broad SMARTS) is 5. The van der Waals surface area contributed by atoms with Crippen LogP contribution in [0.5, 0.6) is 0 Å². The molecule has 0 unspecified atom stereocenters. The summed E-state index contributed by atoms with van der Waals surface area (Å²) in [6.45, 7) is 21.4. The molecule has 1 radical (unpaired) electrons. The topological polar surface area (TPSA) is 201 Å². The van der Waals surface area contributed by atoms with E-state index in [1.165, 1.54) is 0 Å². The van der Waals surface area contributed by atoms with Gasteiger partial charge in [-0.1, -0.05) is 133 Å². The van der Waals surface area contributed by atoms with Crippen LogP contribution in [0.1, 0.15) is 198 Å². The van der Waals surface area contributed by atoms with Gasteiger partial charge in [0.2, 0.25) is 0 Å². The second-order valence-corrected chi connectivity index (χ2v) is 15.1. The van der Waals surface area contributed by atoms with Gasteiger partial charge in [0.25, 0.3) is 0 Å². The molecule has 0 aliphatic heterocycles. The van der Waals surface area contributed by atoms with Crippen LogP contribution in [-0.2, 0) is 42.5 Å². The van der Waals surface area contributed by atoms with E-state index in [9.17, 15) is 49.5 Å². The number of hydrogen-bond donors (Lipinski definition) is 0. The van der Waals surface area contributed by atoms with Crippen LogP contribution in [0, 0.1) is 29.6 Å². The summed E-state index contributed by atoms with van der Waals surface area (Å²) in [6.07, 6.45) is 15.5. The van der Waals surface area contributed by atoms with Gasteiger partial charge in [-0.05, 0) is 93.8 Å². The third kappa shape index (κ3) is 93.2. The molecule has 0 bridgehead atoms. The molecule has 0 aliphatic carbocycles. The molecule has 0 aliphatic rings. The predicted molar refractivity (Wildman–Crippen MR) is 192 cm³/mol. The molecule has 0 heterocycles. The second-order valence-electron chi connectivity index (χ2n) is 15.1. The van der Waals surface area contributed by atoms with Crippen molar-refractivity contribution >= 4 is 29.8 Å². The Bertz CT molecular complexity index is 645. The molecule has 0 aromatic carbocycles. The standard InChI is InChI=1S/5C8H16O2.V/c5*1-7(2)5-3-4-6-8(9)10;/h5*7H,3-6H2,1-2H3,(H,9,10);/p-5. The van der Waals surface area contributed by atoms with Gasteiger partial charge in [0, 0.05) is 48.4 Å². The average molecular weight is 767 g/mol. The first-order valence-electron chi connectivity index (χ1n) is 19.1. The van der Waals surface area contributed by atoms with Crippen LogP contribution < -0.4 is 25.5 Å². The molecule has 51 heavy (non-hydrogen) atoms. The SMILES string of the molecule is CC(C)CCCCC(=O)[O-].CC(C)CCCCC(=O)[O-].CC(C)CCCCC(=O)[O-].CC(C)CCCCC(=O)[O-].CC(C)CCCCC(=O)[O-].[V]. The Morgan fingerprint density at radius 1 is 0.294 bits per heavy atom. The van der Waals surface area contributed by atoms with Crippen LogP contribution in [0.2, 0.25) is 0 Å². The van der Waals surface area contributed by atoms with Crippen molar-refractivity contribution in [2.24, 2.45) is 29.6 Å². The van der Waals surface area contributed by atoms with Crippen molar-refractivity contribution in [3.05, 3.63) is 0 Å². The fraction of sp³-hybridized carbons (Fsp3) is 0.875. The molecule has 0 N–H and O–H groups in total. The van der Waals surface area contributed by atoms with Gasteiger partial charge in [-0.25, -0.2) is 0 Å². The van der Waals surface area contributed by atoms with Crippen LogP contribution in [0.3, 0.4) is 0 Å². The van der Waals surface area contributed by atoms with Gasteiger partial charge in [0.05, 0.1) is 0 Å². The van der Waals surface area contributed by atoms with E-state index in [4.69, 9.17) is 0 Å². The first-order valence-corrected chi connectivity index (χ1v) is 19.1. The maximum atomic E-state index is 9.93. The summed E-state index contributed by atoms with van der Waals surface area (Å²) in [6, 6.07) is 0. The maximum absolute atomic E-state index is 9.93. The molecule has 0 atom stereocenters. The van der Waals surface area contributed by atoms with Gasteiger partial charge in [-0.2, -0.15) is 0 Å². The Kier molecular flexibility index (Phi) is 55.0. The largest absolute Gasteiger partial charge is 0.550 e. The third-order valence-corrected chi connectivity index (χ3v) is 7.06. The molecule has 0 spiro atoms. The molecular weight excluding hydrogens is 691 g/mol. The molecule has 0 saturated heterocycles. The zero-order valence-corrected chi connectivity index (χ0v) is 35.5. The maximum Gasteiger partial charge on any atom is 0.0414 e. The van der Waals surface area contributed by atoms with Crippen molar-refractivity contribution in [1.29, 1.82) is 0 Å². The average Bonchev–Trinajstić information content (AvgIpc) is 2.97. The number of carboxylic acids is 5. The molecule has 0 aromatic heterocycles. The van der Waals surface area contributed by atoms with Crippen LogP contribution in [0.25, 0.3) is 0 Å². The number of rotatable bonds is 25. The van der Waals surface area contributed by atoms with E-state index in [0.717, 1.165) is 96.3 Å². The Balaban J connectivity index is -0.000000123. The van der Waals surface area contributed by atoms with Crippen molar-refractivity contribution in [2.45, 2.75) is 198 Å². The van der Waals surface area contributed by atoms with Crippen molar-refractivity contribution in [1.82, 2.24) is 0 Å². The Morgan fingerprint density at radius 3 is 0.490 bits per heavy atom. The minimum Gasteiger partial charge on any atom is -0.550 e. The Labute approximate surface area is 324 Å². The smallest absolute Gasteiger partial charge is 0.0414 e. The first-order chi connectivity index (χ1) is 23.1. The summed E-state index contributed by atoms with van der Waals surface area (Å²) in [4.78, 5) is 49.7. The predicted octanol–water partition coefficient (Wildman–Crippen LogP) is 4.76. The van der Waals surface area contributed by atoms with E-state index in [-0.39, 0.29) is 50.7 Å². The summed E-state index contributed by atoms with van der Waals surface area (Å²) in [5, 5.41) is 49.7. The van der Waals surface area contributed by atoms with Gasteiger partial charge in [-0.15, -0.1) is 0 Å². The number of carbonyl (C=O) groups excluding carboxylic acids is 5. The van der Waals surface area contributed by atoms with Crippen LogP contribution in [0.15, 0.2) is 0 Å². The van der Waals surface area contributed by atoms with Gasteiger partial charge >= 0.3 is 0 Å². The molecule has 0 rings (SSSR count). The van der Waals surface area contributed by atoms with Gasteiger partial charge < -0.3 is 49.5 Å². The molecule has 0 fully saturated rings. The first kappa shape index (κ1) is 61.0. The molecule has 0 amide bonds. The summed E-state index contributed by atoms with van der Waals surface area (Å²) in [7, 11) is 0. The number of hydrogen-bond acceptors (Lipinski definition) is 10. The Hall–Kier alpha value is -2.07. The normalized spacial score (nSPS) is 10.1. The number of unbranched alkanes of at least 4 members (excludes halogenated alkanes) is 5. The molecular formula is C40H75O10V-5. The van der Waals surface area contributed by atoms with E-state index in [1.54, 1.807) is 0 Å². The van der Waals surface area contributed by atoms with Crippen molar-refractivity contribution in [3.63, 3.8) is 0 Å². The zero-order valence-electron chi connectivity index (χ0n) is 34.1. The van der Waals surface area contributed by atoms with E-state index < -0.39 is 29.8 Å². The van der Waals surface area contributed by atoms with Crippen molar-refractivity contribution in [3.8, 4) is 0 Å². The minimum absolute atomic E-state index is 0. The van der Waals surface area contributed by atoms with Gasteiger partial charge in [-0.3, -0.25) is 0 Å². The molecule has 0 saturated carbocycles. The summed E-state index contributed by atoms with van der Waals surface area (Å²) in [5.41, 5.74) is 0. The molecule has 10 nitrogen and oxygen atoms in total. The summed E-state index contributed by atoms with van der Waals surface area (Å²) >= 11 is 0. The number of aliphatic carboxylic acids is 5. The van der Waals surface area contributed by atoms with E-state index >= 15 is 0 Å². The second kappa shape index (κ2) is 46.0. The zero-order chi connectivity index (χ0) is 39.9. The quantitative estimate of drug-likeness (QED) is 0.117. The third-order valence-electron chi connectivity index (χ3n) is 7.06. The fourth-order valence-corrected chi connectivity index (χ4v) is 4.11. The van der Waals surface area contributed by atoms with Crippen molar-refractivity contribution < 1.29 is 68.1 Å². The van der Waals surface area contributed by atoms with E-state index in [0.29, 0.717) is 29.6 Å². The van der Waals surface area contributed by atoms with Crippen LogP contribution in [0.4, 0.5) is 0 Å². The molecule has 305 valence electrons. The monoisotopic (exact) mass is 766 g/mol. The van der Waals surface area contributed by atoms with Crippen LogP contribution >= 0.6 is 0 Å². The summed E-state index contributed by atoms with van der Waals surface area (Å²) < 4.78 is 0. The molecule has 0 aromatic rings. The van der Waals surface area contributed by atoms with Gasteiger partial charge in [0.1, 0.15) is 0 Å². The Morgan fingerprint density at radius 2 is 0.412 bits per heavy atom. The van der Waals surface area contributed by atoms with E-state index in [2.05, 4.69) is 69.2 Å². The minimum atomic E-state index is -0.927. The van der Waals surface area contributed by atoms with Crippen LogP contribution in [-0.4, -0.2) is 29.8 Å². The van der Waals surface area contributed by atoms with E-state index in [1.807, 2.05) is 0 Å². The fourth-order valence-electron chi connectivity index (χ4n) is 4.11. The number of carbonyl (C=O) groups is 5. The summed E-state index contributed by atoms with van der Waals surface area (Å²) in [5.74, 6) is -1.22.